The molecule has 0 saturated heterocycles. The summed E-state index contributed by atoms with van der Waals surface area (Å²) in [5.74, 6) is -0.637. The van der Waals surface area contributed by atoms with E-state index in [1.165, 1.54) is 175 Å². The number of nitrogens with zero attached hydrogens (tertiary/aromatic N) is 3. The number of fused-ring (bicyclic) bond motifs is 9. The summed E-state index contributed by atoms with van der Waals surface area (Å²) in [5.41, 5.74) is 4.18. The van der Waals surface area contributed by atoms with Gasteiger partial charge in [0.15, 0.2) is 0 Å². The Labute approximate surface area is 467 Å². The van der Waals surface area contributed by atoms with Crippen molar-refractivity contribution in [1.29, 1.82) is 0 Å². The van der Waals surface area contributed by atoms with Gasteiger partial charge in [-0.05, 0) is 37.5 Å². The normalized spacial score (nSPS) is 15.1. The molecule has 3 aromatic heterocycles. The van der Waals surface area contributed by atoms with E-state index in [2.05, 4.69) is 69.3 Å². The summed E-state index contributed by atoms with van der Waals surface area (Å²) in [6, 6.07) is 24.9. The lowest BCUT2D eigenvalue weighted by atomic mass is 10.1. The molecule has 3 aliphatic rings. The summed E-state index contributed by atoms with van der Waals surface area (Å²) < 4.78 is 3.45. The number of rotatable bonds is 33. The number of hydrogen-bond acceptors (Lipinski definition) is 7. The molecule has 3 amide bonds. The van der Waals surface area contributed by atoms with Crippen molar-refractivity contribution in [2.45, 2.75) is 213 Å². The number of amides is 3. The summed E-state index contributed by atoms with van der Waals surface area (Å²) in [6.45, 7) is 8.86. The SMILES string of the molecule is CCCCCCCCCCCCN1C(=O)C(=C2C(=O)N(CCCCCCCCCCCC)c3c2sc2ccccc32)c2sc3ccccc3c21.CCCCCCCCCCCCN1C(=O)C(=O)c2sc3ccccc3c21. The lowest BCUT2D eigenvalue weighted by Gasteiger charge is -2.18. The van der Waals surface area contributed by atoms with Gasteiger partial charge >= 0.3 is 0 Å². The number of ketones is 1. The zero-order valence-corrected chi connectivity index (χ0v) is 48.9. The second-order valence-corrected chi connectivity index (χ2v) is 25.0. The van der Waals surface area contributed by atoms with Gasteiger partial charge in [-0.25, -0.2) is 0 Å². The Morgan fingerprint density at radius 1 is 0.303 bits per heavy atom. The van der Waals surface area contributed by atoms with Crippen LogP contribution in [0.25, 0.3) is 41.4 Å². The minimum atomic E-state index is -0.340. The van der Waals surface area contributed by atoms with E-state index in [1.807, 2.05) is 34.1 Å². The van der Waals surface area contributed by atoms with Crippen LogP contribution in [0.5, 0.6) is 0 Å². The van der Waals surface area contributed by atoms with Crippen LogP contribution in [0.3, 0.4) is 0 Å². The Morgan fingerprint density at radius 3 is 0.868 bits per heavy atom. The molecule has 6 aromatic rings. The molecule has 76 heavy (non-hydrogen) atoms. The molecule has 3 aromatic carbocycles. The highest BCUT2D eigenvalue weighted by Crippen LogP contribution is 2.55. The maximum Gasteiger partial charge on any atom is 0.300 e. The second-order valence-electron chi connectivity index (χ2n) is 21.8. The predicted octanol–water partition coefficient (Wildman–Crippen LogP) is 19.9. The van der Waals surface area contributed by atoms with E-state index in [1.54, 1.807) is 27.6 Å². The minimum absolute atomic E-state index is 0.0143. The summed E-state index contributed by atoms with van der Waals surface area (Å²) in [4.78, 5) is 62.1. The number of thiophene rings is 3. The fourth-order valence-electron chi connectivity index (χ4n) is 11.7. The molecule has 408 valence electrons. The Balaban J connectivity index is 0.000000247. The van der Waals surface area contributed by atoms with E-state index in [9.17, 15) is 19.2 Å². The minimum Gasteiger partial charge on any atom is -0.306 e. The summed E-state index contributed by atoms with van der Waals surface area (Å²) in [6.07, 6.45) is 38.0. The van der Waals surface area contributed by atoms with Crippen LogP contribution >= 0.6 is 34.0 Å². The van der Waals surface area contributed by atoms with Gasteiger partial charge in [-0.3, -0.25) is 19.2 Å². The van der Waals surface area contributed by atoms with Crippen molar-refractivity contribution in [1.82, 2.24) is 0 Å². The zero-order valence-electron chi connectivity index (χ0n) is 46.5. The molecule has 9 rings (SSSR count). The summed E-state index contributed by atoms with van der Waals surface area (Å²) in [5, 5.41) is 3.30. The van der Waals surface area contributed by atoms with Crippen molar-refractivity contribution >= 4 is 116 Å². The Bertz CT molecular complexity index is 2760. The lowest BCUT2D eigenvalue weighted by Crippen LogP contribution is -2.30. The topological polar surface area (TPSA) is 78.0 Å². The average Bonchev–Trinajstić information content (AvgIpc) is 4.38. The fraction of sp³-hybridized carbons (Fsp3) is 0.545. The molecule has 0 unspecified atom stereocenters. The van der Waals surface area contributed by atoms with E-state index in [-0.39, 0.29) is 23.5 Å². The molecule has 6 heterocycles. The molecule has 0 atom stereocenters. The first-order chi connectivity index (χ1) is 37.4. The van der Waals surface area contributed by atoms with Gasteiger partial charge in [0.1, 0.15) is 4.88 Å². The highest BCUT2D eigenvalue weighted by molar-refractivity contribution is 7.23. The van der Waals surface area contributed by atoms with Crippen LogP contribution in [0.1, 0.15) is 233 Å². The number of carbonyl (C=O) groups is 4. The van der Waals surface area contributed by atoms with Crippen molar-refractivity contribution in [2.75, 3.05) is 34.3 Å². The highest BCUT2D eigenvalue weighted by atomic mass is 32.1. The molecule has 7 nitrogen and oxygen atoms in total. The second kappa shape index (κ2) is 29.9. The van der Waals surface area contributed by atoms with Crippen molar-refractivity contribution in [3.05, 3.63) is 87.4 Å². The number of unbranched alkanes of at least 4 members (excludes halogenated alkanes) is 27. The van der Waals surface area contributed by atoms with Crippen molar-refractivity contribution in [3.63, 3.8) is 0 Å². The molecule has 0 radical (unpaired) electrons. The van der Waals surface area contributed by atoms with E-state index < -0.39 is 0 Å². The highest BCUT2D eigenvalue weighted by Gasteiger charge is 2.45. The molecule has 0 bridgehead atoms. The van der Waals surface area contributed by atoms with Crippen LogP contribution in [-0.2, 0) is 14.4 Å². The van der Waals surface area contributed by atoms with Gasteiger partial charge in [0.2, 0.25) is 0 Å². The predicted molar refractivity (Wildman–Crippen MR) is 329 cm³/mol. The van der Waals surface area contributed by atoms with E-state index in [0.29, 0.717) is 35.7 Å². The third-order valence-corrected chi connectivity index (χ3v) is 19.5. The van der Waals surface area contributed by atoms with Gasteiger partial charge in [-0.15, -0.1) is 34.0 Å². The fourth-order valence-corrected chi connectivity index (χ4v) is 15.4. The number of hydrogen-bond donors (Lipinski definition) is 0. The molecule has 0 spiro atoms. The zero-order chi connectivity index (χ0) is 53.1. The van der Waals surface area contributed by atoms with E-state index in [4.69, 9.17) is 0 Å². The van der Waals surface area contributed by atoms with Crippen LogP contribution in [0.2, 0.25) is 0 Å². The van der Waals surface area contributed by atoms with Gasteiger partial charge in [-0.2, -0.15) is 0 Å². The molecule has 10 heteroatoms. The van der Waals surface area contributed by atoms with Crippen molar-refractivity contribution in [2.24, 2.45) is 0 Å². The third kappa shape index (κ3) is 14.0. The Hall–Kier alpha value is -4.64. The Morgan fingerprint density at radius 2 is 0.553 bits per heavy atom. The monoisotopic (exact) mass is 1080 g/mol. The molecular weight excluding hydrogens is 995 g/mol. The maximum atomic E-state index is 14.6. The first-order valence-corrected chi connectivity index (χ1v) is 32.6. The van der Waals surface area contributed by atoms with Gasteiger partial charge in [-0.1, -0.05) is 249 Å². The maximum absolute atomic E-state index is 14.6. The van der Waals surface area contributed by atoms with Crippen LogP contribution in [0.4, 0.5) is 17.1 Å². The first kappa shape index (κ1) is 57.5. The number of Topliss-reactive ketones (excluding diaryl/α,β-unsaturated/α-hetero) is 1. The molecule has 0 saturated carbocycles. The van der Waals surface area contributed by atoms with Gasteiger partial charge in [0.25, 0.3) is 23.5 Å². The first-order valence-electron chi connectivity index (χ1n) is 30.2. The molecule has 0 fully saturated rings. The standard InChI is InChI=1S/C44H58N2O2S2.C22H29NO2S/c1-3-5-7-9-11-13-15-17-19-25-31-45-39-33-27-21-23-29-35(33)49-41(39)37(43(45)47)38-42-40(34-28-22-24-30-36(34)50-42)46(44(38)48)32-26-20-18-16-14-12-10-8-6-4-2;1-2-3-4-5-6-7-8-9-10-13-16-23-19-17-14-11-12-15-18(17)26-21(19)20(24)22(23)25/h21-24,27-30H,3-20,25-26,31-32H2,1-2H3;11-12,14-15H,2-10,13,16H2,1H3. The molecule has 0 aliphatic carbocycles. The van der Waals surface area contributed by atoms with Crippen LogP contribution < -0.4 is 14.7 Å². The molecule has 3 aliphatic heterocycles. The van der Waals surface area contributed by atoms with Gasteiger partial charge < -0.3 is 14.7 Å². The quantitative estimate of drug-likeness (QED) is 0.0234. The lowest BCUT2D eigenvalue weighted by molar-refractivity contribution is -0.114. The van der Waals surface area contributed by atoms with E-state index >= 15 is 0 Å². The smallest absolute Gasteiger partial charge is 0.300 e. The van der Waals surface area contributed by atoms with Gasteiger partial charge in [0.05, 0.1) is 38.0 Å². The van der Waals surface area contributed by atoms with E-state index in [0.717, 1.165) is 86.2 Å². The van der Waals surface area contributed by atoms with Crippen molar-refractivity contribution < 1.29 is 19.2 Å². The van der Waals surface area contributed by atoms with Crippen LogP contribution in [0, 0.1) is 0 Å². The third-order valence-electron chi connectivity index (χ3n) is 16.0. The Kier molecular flexibility index (Phi) is 22.7. The molecular formula is C66H87N3O4S3. The van der Waals surface area contributed by atoms with Crippen LogP contribution in [0.15, 0.2) is 72.8 Å². The van der Waals surface area contributed by atoms with Crippen LogP contribution in [-0.4, -0.2) is 43.1 Å². The number of anilines is 3. The van der Waals surface area contributed by atoms with Crippen molar-refractivity contribution in [3.8, 4) is 0 Å². The molecule has 0 N–H and O–H groups in total. The summed E-state index contributed by atoms with van der Waals surface area (Å²) in [7, 11) is 0. The van der Waals surface area contributed by atoms with Gasteiger partial charge in [0, 0.05) is 49.9 Å². The largest absolute Gasteiger partial charge is 0.306 e. The number of carbonyl (C=O) groups excluding carboxylic acids is 4. The number of benzene rings is 3. The summed E-state index contributed by atoms with van der Waals surface area (Å²) >= 11 is 4.81. The average molecular weight is 1080 g/mol.